The molecule has 5 heteroatoms. The molecule has 0 atom stereocenters. The molecule has 0 radical (unpaired) electrons. The Labute approximate surface area is 119 Å². The van der Waals surface area contributed by atoms with Crippen molar-refractivity contribution in [1.82, 2.24) is 15.2 Å². The zero-order chi connectivity index (χ0) is 14.5. The second kappa shape index (κ2) is 6.70. The van der Waals surface area contributed by atoms with Crippen LogP contribution in [0.15, 0.2) is 12.3 Å². The summed E-state index contributed by atoms with van der Waals surface area (Å²) in [6, 6.07) is 1.85. The van der Waals surface area contributed by atoms with Gasteiger partial charge in [0.05, 0.1) is 0 Å². The van der Waals surface area contributed by atoms with Crippen LogP contribution in [-0.2, 0) is 0 Å². The van der Waals surface area contributed by atoms with Gasteiger partial charge in [0, 0.05) is 30.9 Å². The van der Waals surface area contributed by atoms with Gasteiger partial charge in [0.25, 0.3) is 5.91 Å². The van der Waals surface area contributed by atoms with Crippen molar-refractivity contribution in [2.24, 2.45) is 0 Å². The van der Waals surface area contributed by atoms with Crippen molar-refractivity contribution in [2.75, 3.05) is 19.6 Å². The Morgan fingerprint density at radius 3 is 2.65 bits per heavy atom. The minimum absolute atomic E-state index is 0.0341. The number of ketones is 1. The van der Waals surface area contributed by atoms with E-state index in [0.29, 0.717) is 11.3 Å². The number of carbonyl (C=O) groups excluding carboxylic acids is 2. The Hall–Kier alpha value is -1.62. The summed E-state index contributed by atoms with van der Waals surface area (Å²) in [4.78, 5) is 28.6. The van der Waals surface area contributed by atoms with Crippen LogP contribution in [0.1, 0.15) is 54.0 Å². The summed E-state index contributed by atoms with van der Waals surface area (Å²) in [5.41, 5.74) is 1.01. The van der Waals surface area contributed by atoms with Crippen molar-refractivity contribution in [1.29, 1.82) is 0 Å². The number of hydrogen-bond donors (Lipinski definition) is 2. The SMILES string of the molecule is CCCN1CCC(NC(=O)c2cc(C(C)=O)c[nH]2)CC1. The monoisotopic (exact) mass is 277 g/mol. The van der Waals surface area contributed by atoms with Crippen molar-refractivity contribution in [2.45, 2.75) is 39.2 Å². The quantitative estimate of drug-likeness (QED) is 0.807. The molecule has 20 heavy (non-hydrogen) atoms. The summed E-state index contributed by atoms with van der Waals surface area (Å²) >= 11 is 0. The highest BCUT2D eigenvalue weighted by Crippen LogP contribution is 2.12. The van der Waals surface area contributed by atoms with E-state index in [1.807, 2.05) is 0 Å². The molecule has 0 spiro atoms. The molecule has 1 aromatic heterocycles. The third-order valence-corrected chi connectivity index (χ3v) is 3.80. The van der Waals surface area contributed by atoms with Crippen LogP contribution in [0.2, 0.25) is 0 Å². The summed E-state index contributed by atoms with van der Waals surface area (Å²) in [5.74, 6) is -0.153. The minimum Gasteiger partial charge on any atom is -0.356 e. The third-order valence-electron chi connectivity index (χ3n) is 3.80. The molecule has 5 nitrogen and oxygen atoms in total. The summed E-state index contributed by atoms with van der Waals surface area (Å²) in [6.07, 6.45) is 4.74. The van der Waals surface area contributed by atoms with Crippen LogP contribution >= 0.6 is 0 Å². The Morgan fingerprint density at radius 1 is 1.40 bits per heavy atom. The highest BCUT2D eigenvalue weighted by Gasteiger charge is 2.21. The van der Waals surface area contributed by atoms with E-state index in [9.17, 15) is 9.59 Å². The number of nitrogens with zero attached hydrogens (tertiary/aromatic N) is 1. The average molecular weight is 277 g/mol. The molecule has 1 amide bonds. The lowest BCUT2D eigenvalue weighted by Crippen LogP contribution is -2.44. The highest BCUT2D eigenvalue weighted by atomic mass is 16.2. The number of carbonyl (C=O) groups is 2. The zero-order valence-electron chi connectivity index (χ0n) is 12.2. The molecule has 0 bridgehead atoms. The molecule has 1 saturated heterocycles. The number of amides is 1. The number of likely N-dealkylation sites (tertiary alicyclic amines) is 1. The summed E-state index contributed by atoms with van der Waals surface area (Å²) in [6.45, 7) is 6.91. The molecule has 2 rings (SSSR count). The van der Waals surface area contributed by atoms with Gasteiger partial charge in [-0.05, 0) is 38.8 Å². The average Bonchev–Trinajstić information content (AvgIpc) is 2.91. The van der Waals surface area contributed by atoms with E-state index in [1.54, 1.807) is 12.3 Å². The molecule has 110 valence electrons. The first-order valence-corrected chi connectivity index (χ1v) is 7.32. The zero-order valence-corrected chi connectivity index (χ0v) is 12.2. The van der Waals surface area contributed by atoms with Crippen molar-refractivity contribution < 1.29 is 9.59 Å². The van der Waals surface area contributed by atoms with Crippen LogP contribution in [0.4, 0.5) is 0 Å². The van der Waals surface area contributed by atoms with Crippen molar-refractivity contribution in [3.63, 3.8) is 0 Å². The van der Waals surface area contributed by atoms with Crippen LogP contribution in [0.5, 0.6) is 0 Å². The second-order valence-corrected chi connectivity index (χ2v) is 5.45. The van der Waals surface area contributed by atoms with Gasteiger partial charge in [-0.3, -0.25) is 9.59 Å². The van der Waals surface area contributed by atoms with E-state index < -0.39 is 0 Å². The summed E-state index contributed by atoms with van der Waals surface area (Å²) < 4.78 is 0. The van der Waals surface area contributed by atoms with Gasteiger partial charge in [-0.15, -0.1) is 0 Å². The van der Waals surface area contributed by atoms with Crippen molar-refractivity contribution >= 4 is 11.7 Å². The smallest absolute Gasteiger partial charge is 0.267 e. The second-order valence-electron chi connectivity index (χ2n) is 5.45. The van der Waals surface area contributed by atoms with E-state index in [1.165, 1.54) is 13.3 Å². The number of rotatable bonds is 5. The molecule has 1 aliphatic rings. The Kier molecular flexibility index (Phi) is 4.95. The van der Waals surface area contributed by atoms with Crippen LogP contribution in [-0.4, -0.2) is 47.3 Å². The first-order valence-electron chi connectivity index (χ1n) is 7.32. The van der Waals surface area contributed by atoms with Gasteiger partial charge in [0.1, 0.15) is 5.69 Å². The fourth-order valence-corrected chi connectivity index (χ4v) is 2.61. The Morgan fingerprint density at radius 2 is 2.10 bits per heavy atom. The van der Waals surface area contributed by atoms with E-state index in [2.05, 4.69) is 22.1 Å². The lowest BCUT2D eigenvalue weighted by Gasteiger charge is -2.31. The molecule has 0 unspecified atom stereocenters. The largest absolute Gasteiger partial charge is 0.356 e. The number of nitrogens with one attached hydrogen (secondary N) is 2. The predicted octanol–water partition coefficient (Wildman–Crippen LogP) is 1.82. The number of Topliss-reactive ketones (excluding diaryl/α,β-unsaturated/α-hetero) is 1. The molecule has 0 saturated carbocycles. The molecule has 1 aliphatic heterocycles. The molecule has 0 aromatic carbocycles. The van der Waals surface area contributed by atoms with Gasteiger partial charge in [0.15, 0.2) is 5.78 Å². The molecule has 2 heterocycles. The van der Waals surface area contributed by atoms with Crippen LogP contribution in [0, 0.1) is 0 Å². The number of hydrogen-bond acceptors (Lipinski definition) is 3. The topological polar surface area (TPSA) is 65.2 Å². The number of aromatic amines is 1. The lowest BCUT2D eigenvalue weighted by atomic mass is 10.0. The minimum atomic E-state index is -0.119. The van der Waals surface area contributed by atoms with Gasteiger partial charge in [-0.25, -0.2) is 0 Å². The summed E-state index contributed by atoms with van der Waals surface area (Å²) in [5, 5.41) is 3.04. The number of H-pyrrole nitrogens is 1. The van der Waals surface area contributed by atoms with E-state index in [-0.39, 0.29) is 17.7 Å². The van der Waals surface area contributed by atoms with Crippen LogP contribution in [0.25, 0.3) is 0 Å². The van der Waals surface area contributed by atoms with Crippen LogP contribution < -0.4 is 5.32 Å². The van der Waals surface area contributed by atoms with Gasteiger partial charge >= 0.3 is 0 Å². The van der Waals surface area contributed by atoms with Crippen molar-refractivity contribution in [3.8, 4) is 0 Å². The molecule has 2 N–H and O–H groups in total. The number of aromatic nitrogens is 1. The lowest BCUT2D eigenvalue weighted by molar-refractivity contribution is 0.0906. The first kappa shape index (κ1) is 14.8. The van der Waals surface area contributed by atoms with Gasteiger partial charge in [-0.1, -0.05) is 6.92 Å². The summed E-state index contributed by atoms with van der Waals surface area (Å²) in [7, 11) is 0. The van der Waals surface area contributed by atoms with Crippen molar-refractivity contribution in [3.05, 3.63) is 23.5 Å². The predicted molar refractivity (Wildman–Crippen MR) is 78.0 cm³/mol. The Balaban J connectivity index is 1.84. The molecule has 0 aliphatic carbocycles. The van der Waals surface area contributed by atoms with E-state index in [4.69, 9.17) is 0 Å². The van der Waals surface area contributed by atoms with Crippen LogP contribution in [0.3, 0.4) is 0 Å². The maximum atomic E-state index is 12.1. The molecule has 1 aromatic rings. The van der Waals surface area contributed by atoms with Gasteiger partial charge < -0.3 is 15.2 Å². The maximum absolute atomic E-state index is 12.1. The highest BCUT2D eigenvalue weighted by molar-refractivity contribution is 5.99. The Bertz CT molecular complexity index is 473. The third kappa shape index (κ3) is 3.70. The first-order chi connectivity index (χ1) is 9.60. The molecular formula is C15H23N3O2. The van der Waals surface area contributed by atoms with E-state index in [0.717, 1.165) is 32.5 Å². The van der Waals surface area contributed by atoms with Gasteiger partial charge in [-0.2, -0.15) is 0 Å². The normalized spacial score (nSPS) is 17.1. The molecule has 1 fully saturated rings. The van der Waals surface area contributed by atoms with Gasteiger partial charge in [0.2, 0.25) is 0 Å². The van der Waals surface area contributed by atoms with E-state index >= 15 is 0 Å². The standard InChI is InChI=1S/C15H23N3O2/c1-3-6-18-7-4-13(5-8-18)17-15(20)14-9-12(10-16-14)11(2)19/h9-10,13,16H,3-8H2,1-2H3,(H,17,20). The molecular weight excluding hydrogens is 254 g/mol. The maximum Gasteiger partial charge on any atom is 0.267 e. The number of piperidine rings is 1. The fourth-order valence-electron chi connectivity index (χ4n) is 2.61. The fraction of sp³-hybridized carbons (Fsp3) is 0.600.